The van der Waals surface area contributed by atoms with Crippen LogP contribution in [0.1, 0.15) is 12.8 Å². The fraction of sp³-hybridized carbons (Fsp3) is 0.636. The quantitative estimate of drug-likeness (QED) is 0.860. The first-order valence-electron chi connectivity index (χ1n) is 5.40. The highest BCUT2D eigenvalue weighted by Crippen LogP contribution is 2.13. The van der Waals surface area contributed by atoms with Gasteiger partial charge >= 0.3 is 0 Å². The third-order valence-electron chi connectivity index (χ3n) is 2.82. The van der Waals surface area contributed by atoms with Gasteiger partial charge < -0.3 is 14.7 Å². The highest BCUT2D eigenvalue weighted by molar-refractivity contribution is 5.85. The lowest BCUT2D eigenvalue weighted by atomic mass is 10.3. The Hall–Kier alpha value is -0.420. The first-order chi connectivity index (χ1) is 7.25. The van der Waals surface area contributed by atoms with E-state index in [1.807, 2.05) is 18.1 Å². The van der Waals surface area contributed by atoms with Crippen molar-refractivity contribution < 1.29 is 9.84 Å². The van der Waals surface area contributed by atoms with Gasteiger partial charge in [-0.2, -0.15) is 0 Å². The maximum Gasteiger partial charge on any atom is 0.154 e. The molecule has 0 saturated carbocycles. The van der Waals surface area contributed by atoms with E-state index in [0.29, 0.717) is 6.73 Å². The Balaban J connectivity index is 0.00000128. The van der Waals surface area contributed by atoms with Crippen LogP contribution in [0, 0.1) is 0 Å². The molecule has 0 bridgehead atoms. The van der Waals surface area contributed by atoms with Gasteiger partial charge in [0, 0.05) is 32.4 Å². The summed E-state index contributed by atoms with van der Waals surface area (Å²) in [5.41, 5.74) is 0. The van der Waals surface area contributed by atoms with Gasteiger partial charge in [0.15, 0.2) is 6.23 Å². The SMILES string of the molecule is CN1C=CC(O)=CC1OCN1CCCC1.Cl.Cl. The standard InChI is InChI=1S/C11H18N2O2.2ClH/c1-12-7-4-10(14)8-11(12)15-9-13-5-2-3-6-13;;/h4,7-8,11,14H,2-3,5-6,9H2,1H3;2*1H. The smallest absolute Gasteiger partial charge is 0.154 e. The zero-order valence-corrected chi connectivity index (χ0v) is 11.5. The highest BCUT2D eigenvalue weighted by Gasteiger charge is 2.17. The Morgan fingerprint density at radius 2 is 2.00 bits per heavy atom. The van der Waals surface area contributed by atoms with E-state index in [2.05, 4.69) is 4.90 Å². The van der Waals surface area contributed by atoms with Gasteiger partial charge in [-0.05, 0) is 18.9 Å². The first kappa shape index (κ1) is 16.6. The highest BCUT2D eigenvalue weighted by atomic mass is 35.5. The van der Waals surface area contributed by atoms with Crippen LogP contribution in [0.15, 0.2) is 24.1 Å². The van der Waals surface area contributed by atoms with E-state index in [0.717, 1.165) is 13.1 Å². The molecule has 1 unspecified atom stereocenters. The molecule has 0 radical (unpaired) electrons. The lowest BCUT2D eigenvalue weighted by Gasteiger charge is -2.28. The van der Waals surface area contributed by atoms with Crippen molar-refractivity contribution in [3.8, 4) is 0 Å². The number of allylic oxidation sites excluding steroid dienone is 1. The molecule has 100 valence electrons. The first-order valence-corrected chi connectivity index (χ1v) is 5.40. The molecule has 0 amide bonds. The summed E-state index contributed by atoms with van der Waals surface area (Å²) in [4.78, 5) is 4.23. The van der Waals surface area contributed by atoms with E-state index in [4.69, 9.17) is 4.74 Å². The molecular weight excluding hydrogens is 263 g/mol. The normalized spacial score (nSPS) is 23.9. The predicted octanol–water partition coefficient (Wildman–Crippen LogP) is 2.13. The van der Waals surface area contributed by atoms with Crippen molar-refractivity contribution in [2.45, 2.75) is 19.1 Å². The largest absolute Gasteiger partial charge is 0.508 e. The summed E-state index contributed by atoms with van der Waals surface area (Å²) in [6.07, 6.45) is 7.60. The van der Waals surface area contributed by atoms with Crippen molar-refractivity contribution in [1.82, 2.24) is 9.80 Å². The molecule has 1 saturated heterocycles. The summed E-state index contributed by atoms with van der Waals surface area (Å²) in [5.74, 6) is 0.277. The van der Waals surface area contributed by atoms with Crippen LogP contribution < -0.4 is 0 Å². The molecule has 0 aromatic carbocycles. The number of nitrogens with zero attached hydrogens (tertiary/aromatic N) is 2. The van der Waals surface area contributed by atoms with Crippen molar-refractivity contribution in [2.75, 3.05) is 26.9 Å². The van der Waals surface area contributed by atoms with Crippen molar-refractivity contribution in [3.63, 3.8) is 0 Å². The van der Waals surface area contributed by atoms with Crippen molar-refractivity contribution in [3.05, 3.63) is 24.1 Å². The fourth-order valence-electron chi connectivity index (χ4n) is 1.86. The van der Waals surface area contributed by atoms with Crippen LogP contribution in [0.4, 0.5) is 0 Å². The Labute approximate surface area is 115 Å². The van der Waals surface area contributed by atoms with Crippen LogP contribution in [0.25, 0.3) is 0 Å². The summed E-state index contributed by atoms with van der Waals surface area (Å²) in [7, 11) is 1.94. The molecule has 1 atom stereocenters. The third-order valence-corrected chi connectivity index (χ3v) is 2.82. The second-order valence-electron chi connectivity index (χ2n) is 4.08. The summed E-state index contributed by atoms with van der Waals surface area (Å²) in [5, 5.41) is 9.34. The minimum Gasteiger partial charge on any atom is -0.508 e. The number of aliphatic hydroxyl groups excluding tert-OH is 1. The molecular formula is C11H20Cl2N2O2. The van der Waals surface area contributed by atoms with Crippen LogP contribution in [0.3, 0.4) is 0 Å². The Kier molecular flexibility index (Phi) is 7.63. The molecule has 1 N–H and O–H groups in total. The molecule has 6 heteroatoms. The number of hydrogen-bond acceptors (Lipinski definition) is 4. The summed E-state index contributed by atoms with van der Waals surface area (Å²) >= 11 is 0. The Morgan fingerprint density at radius 1 is 1.35 bits per heavy atom. The van der Waals surface area contributed by atoms with Crippen molar-refractivity contribution in [1.29, 1.82) is 0 Å². The molecule has 4 nitrogen and oxygen atoms in total. The molecule has 1 fully saturated rings. The molecule has 0 spiro atoms. The van der Waals surface area contributed by atoms with Gasteiger partial charge in [0.25, 0.3) is 0 Å². The Bertz CT molecular complexity index is 279. The van der Waals surface area contributed by atoms with Crippen LogP contribution in [0.5, 0.6) is 0 Å². The van der Waals surface area contributed by atoms with Crippen LogP contribution >= 0.6 is 24.8 Å². The van der Waals surface area contributed by atoms with Gasteiger partial charge in [-0.25, -0.2) is 0 Å². The number of hydrogen-bond donors (Lipinski definition) is 1. The molecule has 0 aliphatic carbocycles. The third kappa shape index (κ3) is 4.76. The summed E-state index contributed by atoms with van der Waals surface area (Å²) < 4.78 is 5.71. The molecule has 2 heterocycles. The maximum absolute atomic E-state index is 9.34. The van der Waals surface area contributed by atoms with E-state index >= 15 is 0 Å². The lowest BCUT2D eigenvalue weighted by molar-refractivity contribution is -0.0468. The number of halogens is 2. The van der Waals surface area contributed by atoms with Gasteiger partial charge in [0.05, 0.1) is 0 Å². The van der Waals surface area contributed by atoms with Crippen LogP contribution in [-0.2, 0) is 4.74 Å². The van der Waals surface area contributed by atoms with Gasteiger partial charge in [-0.1, -0.05) is 0 Å². The lowest BCUT2D eigenvalue weighted by Crippen LogP contribution is -2.34. The number of aliphatic hydroxyl groups is 1. The molecule has 2 rings (SSSR count). The zero-order chi connectivity index (χ0) is 10.7. The van der Waals surface area contributed by atoms with E-state index in [1.54, 1.807) is 12.2 Å². The molecule has 0 aromatic rings. The molecule has 0 aromatic heterocycles. The second kappa shape index (κ2) is 7.82. The maximum atomic E-state index is 9.34. The molecule has 2 aliphatic rings. The molecule has 17 heavy (non-hydrogen) atoms. The minimum atomic E-state index is -0.143. The van der Waals surface area contributed by atoms with E-state index < -0.39 is 0 Å². The van der Waals surface area contributed by atoms with Crippen LogP contribution in [0.2, 0.25) is 0 Å². The summed E-state index contributed by atoms with van der Waals surface area (Å²) in [6.45, 7) is 2.90. The van der Waals surface area contributed by atoms with Gasteiger partial charge in [0.1, 0.15) is 12.5 Å². The van der Waals surface area contributed by atoms with Gasteiger partial charge in [-0.3, -0.25) is 4.90 Å². The van der Waals surface area contributed by atoms with Crippen molar-refractivity contribution in [2.24, 2.45) is 0 Å². The number of likely N-dealkylation sites (tertiary alicyclic amines) is 1. The topological polar surface area (TPSA) is 35.9 Å². The minimum absolute atomic E-state index is 0. The molecule has 2 aliphatic heterocycles. The fourth-order valence-corrected chi connectivity index (χ4v) is 1.86. The second-order valence-corrected chi connectivity index (χ2v) is 4.08. The average molecular weight is 283 g/mol. The number of likely N-dealkylation sites (N-methyl/N-ethyl adjacent to an activating group) is 1. The van der Waals surface area contributed by atoms with Gasteiger partial charge in [0.2, 0.25) is 0 Å². The Morgan fingerprint density at radius 3 is 2.65 bits per heavy atom. The van der Waals surface area contributed by atoms with Crippen LogP contribution in [-0.4, -0.2) is 48.0 Å². The number of rotatable bonds is 3. The average Bonchev–Trinajstić information content (AvgIpc) is 2.72. The van der Waals surface area contributed by atoms with E-state index in [1.165, 1.54) is 12.8 Å². The monoisotopic (exact) mass is 282 g/mol. The van der Waals surface area contributed by atoms with Gasteiger partial charge in [-0.15, -0.1) is 24.8 Å². The number of ether oxygens (including phenoxy) is 1. The van der Waals surface area contributed by atoms with Crippen molar-refractivity contribution >= 4 is 24.8 Å². The predicted molar refractivity (Wildman–Crippen MR) is 72.7 cm³/mol. The summed E-state index contributed by atoms with van der Waals surface area (Å²) in [6, 6.07) is 0. The zero-order valence-electron chi connectivity index (χ0n) is 9.91. The van der Waals surface area contributed by atoms with E-state index in [9.17, 15) is 5.11 Å². The van der Waals surface area contributed by atoms with E-state index in [-0.39, 0.29) is 36.8 Å².